The topological polar surface area (TPSA) is 137 Å². The Morgan fingerprint density at radius 2 is 1.57 bits per heavy atom. The smallest absolute Gasteiger partial charge is 0.308 e. The molecule has 1 aliphatic rings. The molecule has 42 heavy (non-hydrogen) atoms. The quantitative estimate of drug-likeness (QED) is 0.223. The van der Waals surface area contributed by atoms with E-state index in [-0.39, 0.29) is 34.9 Å². The molecule has 0 bridgehead atoms. The molecule has 0 unspecified atom stereocenters. The molecule has 11 nitrogen and oxygen atoms in total. The Bertz CT molecular complexity index is 1750. The summed E-state index contributed by atoms with van der Waals surface area (Å²) in [6.45, 7) is 3.76. The van der Waals surface area contributed by atoms with Crippen LogP contribution < -0.4 is 29.1 Å². The van der Waals surface area contributed by atoms with Crippen LogP contribution in [0.15, 0.2) is 69.9 Å². The summed E-state index contributed by atoms with van der Waals surface area (Å²) < 4.78 is 39.5. The van der Waals surface area contributed by atoms with Gasteiger partial charge in [0.1, 0.15) is 23.7 Å². The van der Waals surface area contributed by atoms with Crippen molar-refractivity contribution in [2.45, 2.75) is 33.0 Å². The molecule has 0 amide bonds. The van der Waals surface area contributed by atoms with Crippen LogP contribution in [0.5, 0.6) is 28.7 Å². The van der Waals surface area contributed by atoms with E-state index in [1.165, 1.54) is 52.1 Å². The minimum atomic E-state index is -0.762. The highest BCUT2D eigenvalue weighted by atomic mass is 16.6. The first-order chi connectivity index (χ1) is 20.1. The summed E-state index contributed by atoms with van der Waals surface area (Å²) in [6, 6.07) is 15.8. The number of hydrogen-bond donors (Lipinski definition) is 0. The van der Waals surface area contributed by atoms with Crippen molar-refractivity contribution in [3.8, 4) is 40.1 Å². The van der Waals surface area contributed by atoms with Crippen molar-refractivity contribution in [2.24, 2.45) is 0 Å². The van der Waals surface area contributed by atoms with Crippen LogP contribution in [0.1, 0.15) is 32.4 Å². The monoisotopic (exact) mass is 574 g/mol. The van der Waals surface area contributed by atoms with Gasteiger partial charge in [-0.3, -0.25) is 19.2 Å². The maximum Gasteiger partial charge on any atom is 0.308 e. The van der Waals surface area contributed by atoms with Crippen LogP contribution in [0.2, 0.25) is 0 Å². The Labute approximate surface area is 239 Å². The average Bonchev–Trinajstić information content (AvgIpc) is 2.94. The molecule has 3 aromatic carbocycles. The molecule has 1 aromatic heterocycles. The molecule has 0 saturated carbocycles. The fourth-order valence-corrected chi connectivity index (χ4v) is 4.50. The summed E-state index contributed by atoms with van der Waals surface area (Å²) in [5.41, 5.74) is 1.08. The highest BCUT2D eigenvalue weighted by molar-refractivity contribution is 5.81. The molecule has 4 aromatic rings. The van der Waals surface area contributed by atoms with Gasteiger partial charge in [0.05, 0.1) is 12.5 Å². The van der Waals surface area contributed by atoms with Gasteiger partial charge in [0, 0.05) is 44.0 Å². The van der Waals surface area contributed by atoms with Gasteiger partial charge in [-0.1, -0.05) is 6.07 Å². The molecule has 216 valence electrons. The van der Waals surface area contributed by atoms with Crippen molar-refractivity contribution in [1.82, 2.24) is 0 Å². The van der Waals surface area contributed by atoms with Crippen molar-refractivity contribution in [1.29, 1.82) is 0 Å². The Morgan fingerprint density at radius 1 is 0.786 bits per heavy atom. The summed E-state index contributed by atoms with van der Waals surface area (Å²) in [7, 11) is 1.44. The predicted molar refractivity (Wildman–Crippen MR) is 148 cm³/mol. The van der Waals surface area contributed by atoms with Crippen molar-refractivity contribution >= 4 is 28.9 Å². The van der Waals surface area contributed by atoms with Crippen molar-refractivity contribution in [3.63, 3.8) is 0 Å². The number of carbonyl (C=O) groups excluding carboxylic acids is 3. The van der Waals surface area contributed by atoms with Gasteiger partial charge in [-0.2, -0.15) is 0 Å². The second-order valence-electron chi connectivity index (χ2n) is 9.39. The van der Waals surface area contributed by atoms with Gasteiger partial charge in [0.25, 0.3) is 0 Å². The Hall–Kier alpha value is -5.32. The number of benzene rings is 3. The molecule has 1 aliphatic heterocycles. The van der Waals surface area contributed by atoms with E-state index in [9.17, 15) is 19.2 Å². The number of fused-ring (bicyclic) bond motifs is 2. The number of rotatable bonds is 7. The molecule has 2 atom stereocenters. The largest absolute Gasteiger partial charge is 0.493 e. The maximum absolute atomic E-state index is 12.8. The van der Waals surface area contributed by atoms with Gasteiger partial charge in [0.15, 0.2) is 40.6 Å². The van der Waals surface area contributed by atoms with Crippen molar-refractivity contribution in [3.05, 3.63) is 76.5 Å². The molecule has 0 aliphatic carbocycles. The molecular weight excluding hydrogens is 548 g/mol. The first-order valence-electron chi connectivity index (χ1n) is 12.8. The van der Waals surface area contributed by atoms with Crippen molar-refractivity contribution < 1.29 is 47.2 Å². The number of ether oxygens (including phenoxy) is 6. The fraction of sp³-hybridized carbons (Fsp3) is 0.226. The van der Waals surface area contributed by atoms with Gasteiger partial charge in [0.2, 0.25) is 0 Å². The summed E-state index contributed by atoms with van der Waals surface area (Å²) >= 11 is 0. The van der Waals surface area contributed by atoms with Crippen molar-refractivity contribution in [2.75, 3.05) is 13.7 Å². The lowest BCUT2D eigenvalue weighted by molar-refractivity contribution is -0.146. The van der Waals surface area contributed by atoms with Crippen LogP contribution in [0.4, 0.5) is 0 Å². The van der Waals surface area contributed by atoms with E-state index in [0.717, 1.165) is 0 Å². The molecule has 0 fully saturated rings. The second-order valence-corrected chi connectivity index (χ2v) is 9.39. The SMILES string of the molecule is COc1cc([C@H]2Oc3cc(-c4cc(=O)c5ccc(OC(C)=O)cc5o4)ccc3O[C@@H]2COC(C)=O)ccc1OC(C)=O. The van der Waals surface area contributed by atoms with E-state index in [2.05, 4.69) is 0 Å². The van der Waals surface area contributed by atoms with Gasteiger partial charge in [-0.05, 0) is 42.5 Å². The van der Waals surface area contributed by atoms with E-state index >= 15 is 0 Å². The summed E-state index contributed by atoms with van der Waals surface area (Å²) in [5, 5.41) is 0.326. The van der Waals surface area contributed by atoms with E-state index in [1.807, 2.05) is 0 Å². The van der Waals surface area contributed by atoms with Crippen LogP contribution in [0.3, 0.4) is 0 Å². The van der Waals surface area contributed by atoms with E-state index in [4.69, 9.17) is 32.8 Å². The first kappa shape index (κ1) is 28.2. The number of hydrogen-bond acceptors (Lipinski definition) is 11. The van der Waals surface area contributed by atoms with Gasteiger partial charge in [-0.25, -0.2) is 0 Å². The lowest BCUT2D eigenvalue weighted by Crippen LogP contribution is -2.37. The number of methoxy groups -OCH3 is 1. The van der Waals surface area contributed by atoms with Crippen LogP contribution in [0, 0.1) is 0 Å². The number of carbonyl (C=O) groups is 3. The third-order valence-corrected chi connectivity index (χ3v) is 6.28. The zero-order chi connectivity index (χ0) is 30.0. The van der Waals surface area contributed by atoms with E-state index in [1.54, 1.807) is 36.4 Å². The highest BCUT2D eigenvalue weighted by Gasteiger charge is 2.35. The molecule has 2 heterocycles. The Morgan fingerprint density at radius 3 is 2.29 bits per heavy atom. The summed E-state index contributed by atoms with van der Waals surface area (Å²) in [5.74, 6) is 0.266. The molecular formula is C31H26O11. The maximum atomic E-state index is 12.8. The zero-order valence-corrected chi connectivity index (χ0v) is 23.1. The molecule has 0 saturated heterocycles. The average molecular weight is 575 g/mol. The third-order valence-electron chi connectivity index (χ3n) is 6.28. The molecule has 11 heteroatoms. The van der Waals surface area contributed by atoms with Gasteiger partial charge in [-0.15, -0.1) is 0 Å². The van der Waals surface area contributed by atoms with E-state index in [0.29, 0.717) is 33.8 Å². The van der Waals surface area contributed by atoms with E-state index < -0.39 is 30.1 Å². The Kier molecular flexibility index (Phi) is 7.83. The number of esters is 3. The molecule has 0 spiro atoms. The first-order valence-corrected chi connectivity index (χ1v) is 12.8. The minimum absolute atomic E-state index is 0.0978. The van der Waals surface area contributed by atoms with Crippen LogP contribution in [0.25, 0.3) is 22.3 Å². The Balaban J connectivity index is 1.52. The predicted octanol–water partition coefficient (Wildman–Crippen LogP) is 4.76. The molecule has 5 rings (SSSR count). The lowest BCUT2D eigenvalue weighted by Gasteiger charge is -2.34. The minimum Gasteiger partial charge on any atom is -0.493 e. The summed E-state index contributed by atoms with van der Waals surface area (Å²) in [6.07, 6.45) is -1.49. The summed E-state index contributed by atoms with van der Waals surface area (Å²) in [4.78, 5) is 47.3. The standard InChI is InChI=1S/C31H26O11/c1-16(32)37-15-30-31(20-6-10-24(39-18(3)34)28(12-20)36-4)42-29-11-19(5-9-25(29)40-30)26-14-23(35)22-8-7-21(38-17(2)33)13-27(22)41-26/h5-14,30-31H,15H2,1-4H3/t30-,31-/m1/s1. The highest BCUT2D eigenvalue weighted by Crippen LogP contribution is 2.43. The normalized spacial score (nSPS) is 15.5. The van der Waals surface area contributed by atoms with Crippen LogP contribution in [-0.4, -0.2) is 37.7 Å². The lowest BCUT2D eigenvalue weighted by atomic mass is 10.0. The second kappa shape index (κ2) is 11.7. The van der Waals surface area contributed by atoms with Gasteiger partial charge < -0.3 is 32.8 Å². The van der Waals surface area contributed by atoms with Gasteiger partial charge >= 0.3 is 17.9 Å². The van der Waals surface area contributed by atoms with Crippen LogP contribution in [-0.2, 0) is 19.1 Å². The molecule has 0 N–H and O–H groups in total. The molecule has 0 radical (unpaired) electrons. The third kappa shape index (κ3) is 6.04. The van der Waals surface area contributed by atoms with Crippen LogP contribution >= 0.6 is 0 Å². The zero-order valence-electron chi connectivity index (χ0n) is 23.1. The fourth-order valence-electron chi connectivity index (χ4n) is 4.50.